The molecule has 10 heteroatoms. The van der Waals surface area contributed by atoms with E-state index in [1.54, 1.807) is 41.9 Å². The van der Waals surface area contributed by atoms with Crippen LogP contribution in [0.25, 0.3) is 5.69 Å². The Balaban J connectivity index is 1.80. The summed E-state index contributed by atoms with van der Waals surface area (Å²) in [5, 5.41) is 7.39. The number of amides is 1. The average Bonchev–Trinajstić information content (AvgIpc) is 3.11. The highest BCUT2D eigenvalue weighted by atomic mass is 32.2. The SMILES string of the molecule is COC(=O)CCc1c(C)nn(-c2ccc(C(=O)Nc3cc(S(=O)(=O)N(C)C)ccc3C)cc2)c1C. The zero-order chi connectivity index (χ0) is 25.9. The predicted octanol–water partition coefficient (Wildman–Crippen LogP) is 3.41. The first-order chi connectivity index (χ1) is 16.4. The largest absolute Gasteiger partial charge is 0.469 e. The number of nitrogens with one attached hydrogen (secondary N) is 1. The number of benzene rings is 2. The van der Waals surface area contributed by atoms with Crippen LogP contribution in [0.5, 0.6) is 0 Å². The molecule has 186 valence electrons. The van der Waals surface area contributed by atoms with E-state index in [4.69, 9.17) is 4.74 Å². The third-order valence-corrected chi connectivity index (χ3v) is 7.67. The van der Waals surface area contributed by atoms with Crippen molar-refractivity contribution in [2.75, 3.05) is 26.5 Å². The molecule has 0 atom stereocenters. The Bertz CT molecular complexity index is 1360. The van der Waals surface area contributed by atoms with Gasteiger partial charge in [-0.2, -0.15) is 5.10 Å². The maximum absolute atomic E-state index is 12.9. The van der Waals surface area contributed by atoms with Crippen LogP contribution in [0.2, 0.25) is 0 Å². The Morgan fingerprint density at radius 1 is 1.06 bits per heavy atom. The predicted molar refractivity (Wildman–Crippen MR) is 133 cm³/mol. The molecule has 1 N–H and O–H groups in total. The minimum Gasteiger partial charge on any atom is -0.469 e. The molecule has 35 heavy (non-hydrogen) atoms. The summed E-state index contributed by atoms with van der Waals surface area (Å²) in [6, 6.07) is 11.6. The Morgan fingerprint density at radius 3 is 2.31 bits per heavy atom. The van der Waals surface area contributed by atoms with Gasteiger partial charge >= 0.3 is 5.97 Å². The average molecular weight is 499 g/mol. The molecule has 0 aliphatic heterocycles. The normalized spacial score (nSPS) is 11.5. The van der Waals surface area contributed by atoms with Crippen molar-refractivity contribution in [1.29, 1.82) is 0 Å². The van der Waals surface area contributed by atoms with Crippen LogP contribution >= 0.6 is 0 Å². The molecule has 0 aliphatic carbocycles. The molecule has 0 saturated heterocycles. The number of hydrogen-bond acceptors (Lipinski definition) is 6. The first-order valence-electron chi connectivity index (χ1n) is 11.0. The summed E-state index contributed by atoms with van der Waals surface area (Å²) in [7, 11) is 0.662. The van der Waals surface area contributed by atoms with Crippen LogP contribution in [0.4, 0.5) is 5.69 Å². The number of nitrogens with zero attached hydrogens (tertiary/aromatic N) is 3. The minimum absolute atomic E-state index is 0.103. The molecule has 1 amide bonds. The molecule has 2 aromatic carbocycles. The van der Waals surface area contributed by atoms with Crippen molar-refractivity contribution in [3.05, 3.63) is 70.5 Å². The van der Waals surface area contributed by atoms with Gasteiger partial charge in [0, 0.05) is 37.5 Å². The van der Waals surface area contributed by atoms with Gasteiger partial charge in [-0.25, -0.2) is 17.4 Å². The van der Waals surface area contributed by atoms with Gasteiger partial charge in [-0.05, 0) is 74.7 Å². The second-order valence-corrected chi connectivity index (χ2v) is 10.6. The molecule has 9 nitrogen and oxygen atoms in total. The molecule has 0 aliphatic rings. The number of sulfonamides is 1. The van der Waals surface area contributed by atoms with E-state index in [2.05, 4.69) is 10.4 Å². The first-order valence-corrected chi connectivity index (χ1v) is 12.5. The number of esters is 1. The van der Waals surface area contributed by atoms with Gasteiger partial charge in [-0.15, -0.1) is 0 Å². The van der Waals surface area contributed by atoms with Crippen LogP contribution in [0.15, 0.2) is 47.4 Å². The zero-order valence-corrected chi connectivity index (χ0v) is 21.6. The van der Waals surface area contributed by atoms with Crippen LogP contribution in [0.3, 0.4) is 0 Å². The lowest BCUT2D eigenvalue weighted by molar-refractivity contribution is -0.140. The number of aromatic nitrogens is 2. The molecule has 1 aromatic heterocycles. The van der Waals surface area contributed by atoms with Gasteiger partial charge in [0.2, 0.25) is 10.0 Å². The Kier molecular flexibility index (Phi) is 7.76. The molecule has 1 heterocycles. The van der Waals surface area contributed by atoms with E-state index in [0.717, 1.165) is 32.5 Å². The van der Waals surface area contributed by atoms with Crippen molar-refractivity contribution in [2.45, 2.75) is 38.5 Å². The molecular weight excluding hydrogens is 468 g/mol. The Hall–Kier alpha value is -3.50. The van der Waals surface area contributed by atoms with Crippen molar-refractivity contribution in [3.8, 4) is 5.69 Å². The van der Waals surface area contributed by atoms with Gasteiger partial charge in [0.05, 0.1) is 23.4 Å². The fraction of sp³-hybridized carbons (Fsp3) is 0.320. The number of carbonyl (C=O) groups excluding carboxylic acids is 2. The number of carbonyl (C=O) groups is 2. The summed E-state index contributed by atoms with van der Waals surface area (Å²) >= 11 is 0. The highest BCUT2D eigenvalue weighted by Gasteiger charge is 2.19. The summed E-state index contributed by atoms with van der Waals surface area (Å²) in [6.45, 7) is 5.63. The molecule has 3 rings (SSSR count). The van der Waals surface area contributed by atoms with E-state index in [1.807, 2.05) is 13.8 Å². The summed E-state index contributed by atoms with van der Waals surface area (Å²) < 4.78 is 32.5. The van der Waals surface area contributed by atoms with Crippen molar-refractivity contribution in [1.82, 2.24) is 14.1 Å². The maximum Gasteiger partial charge on any atom is 0.305 e. The molecule has 0 saturated carbocycles. The standard InChI is InChI=1S/C25H30N4O5S/c1-16-7-12-21(35(32,33)28(4)5)15-23(16)26-25(31)19-8-10-20(11-9-19)29-18(3)22(17(2)27-29)13-14-24(30)34-6/h7-12,15H,13-14H2,1-6H3,(H,26,31). The second kappa shape index (κ2) is 10.4. The van der Waals surface area contributed by atoms with Crippen LogP contribution in [0, 0.1) is 20.8 Å². The fourth-order valence-electron chi connectivity index (χ4n) is 3.67. The molecule has 0 bridgehead atoms. The van der Waals surface area contributed by atoms with Crippen LogP contribution in [-0.2, 0) is 26.0 Å². The van der Waals surface area contributed by atoms with Crippen molar-refractivity contribution in [3.63, 3.8) is 0 Å². The van der Waals surface area contributed by atoms with E-state index in [0.29, 0.717) is 17.7 Å². The van der Waals surface area contributed by atoms with E-state index in [9.17, 15) is 18.0 Å². The third kappa shape index (κ3) is 5.60. The van der Waals surface area contributed by atoms with Gasteiger partial charge in [0.1, 0.15) is 0 Å². The second-order valence-electron chi connectivity index (χ2n) is 8.40. The lowest BCUT2D eigenvalue weighted by atomic mass is 10.1. The third-order valence-electron chi connectivity index (χ3n) is 5.86. The monoisotopic (exact) mass is 498 g/mol. The number of methoxy groups -OCH3 is 1. The number of hydrogen-bond donors (Lipinski definition) is 1. The summed E-state index contributed by atoms with van der Waals surface area (Å²) in [4.78, 5) is 24.5. The maximum atomic E-state index is 12.9. The van der Waals surface area contributed by atoms with E-state index < -0.39 is 10.0 Å². The lowest BCUT2D eigenvalue weighted by Crippen LogP contribution is -2.22. The smallest absolute Gasteiger partial charge is 0.305 e. The van der Waals surface area contributed by atoms with Crippen molar-refractivity contribution >= 4 is 27.6 Å². The number of anilines is 1. The summed E-state index contributed by atoms with van der Waals surface area (Å²) in [5.41, 5.74) is 5.10. The minimum atomic E-state index is -3.62. The number of ether oxygens (including phenoxy) is 1. The van der Waals surface area contributed by atoms with E-state index in [1.165, 1.54) is 33.3 Å². The zero-order valence-electron chi connectivity index (χ0n) is 20.7. The van der Waals surface area contributed by atoms with Gasteiger partial charge in [0.25, 0.3) is 5.91 Å². The highest BCUT2D eigenvalue weighted by molar-refractivity contribution is 7.89. The van der Waals surface area contributed by atoms with Gasteiger partial charge in [0.15, 0.2) is 0 Å². The number of aryl methyl sites for hydroxylation is 2. The van der Waals surface area contributed by atoms with Gasteiger partial charge < -0.3 is 10.1 Å². The van der Waals surface area contributed by atoms with Gasteiger partial charge in [-0.1, -0.05) is 6.07 Å². The van der Waals surface area contributed by atoms with Crippen molar-refractivity contribution in [2.24, 2.45) is 0 Å². The Morgan fingerprint density at radius 2 is 1.71 bits per heavy atom. The summed E-state index contributed by atoms with van der Waals surface area (Å²) in [5.74, 6) is -0.627. The molecule has 0 fully saturated rings. The molecule has 0 spiro atoms. The molecule has 0 unspecified atom stereocenters. The summed E-state index contributed by atoms with van der Waals surface area (Å²) in [6.07, 6.45) is 0.812. The first kappa shape index (κ1) is 26.1. The quantitative estimate of drug-likeness (QED) is 0.477. The molecular formula is C25H30N4O5S. The lowest BCUT2D eigenvalue weighted by Gasteiger charge is -2.14. The van der Waals surface area contributed by atoms with Crippen LogP contribution in [-0.4, -0.2) is 55.6 Å². The fourth-order valence-corrected chi connectivity index (χ4v) is 4.60. The Labute approximate surface area is 205 Å². The molecule has 0 radical (unpaired) electrons. The van der Waals surface area contributed by atoms with Gasteiger partial charge in [-0.3, -0.25) is 9.59 Å². The topological polar surface area (TPSA) is 111 Å². The number of rotatable bonds is 8. The van der Waals surface area contributed by atoms with Crippen LogP contribution < -0.4 is 5.32 Å². The van der Waals surface area contributed by atoms with Crippen molar-refractivity contribution < 1.29 is 22.7 Å². The molecule has 3 aromatic rings. The highest BCUT2D eigenvalue weighted by Crippen LogP contribution is 2.24. The van der Waals surface area contributed by atoms with E-state index in [-0.39, 0.29) is 23.2 Å². The van der Waals surface area contributed by atoms with E-state index >= 15 is 0 Å². The van der Waals surface area contributed by atoms with Crippen LogP contribution in [0.1, 0.15) is 39.3 Å².